The number of nitrogens with one attached hydrogen (secondary N) is 1. The summed E-state index contributed by atoms with van der Waals surface area (Å²) in [5, 5.41) is 3.66. The Morgan fingerprint density at radius 3 is 2.56 bits per heavy atom. The average Bonchev–Trinajstić information content (AvgIpc) is 2.68. The van der Waals surface area contributed by atoms with Crippen molar-refractivity contribution in [1.29, 1.82) is 0 Å². The molecular formula is C21H25ClFN3O. The van der Waals surface area contributed by atoms with Crippen molar-refractivity contribution >= 4 is 17.6 Å². The zero-order valence-corrected chi connectivity index (χ0v) is 16.1. The van der Waals surface area contributed by atoms with E-state index in [0.29, 0.717) is 31.6 Å². The van der Waals surface area contributed by atoms with Crippen molar-refractivity contribution in [3.63, 3.8) is 0 Å². The molecule has 2 amide bonds. The predicted octanol–water partition coefficient (Wildman–Crippen LogP) is 3.59. The summed E-state index contributed by atoms with van der Waals surface area (Å²) in [4.78, 5) is 16.5. The van der Waals surface area contributed by atoms with Crippen molar-refractivity contribution in [2.75, 3.05) is 39.3 Å². The van der Waals surface area contributed by atoms with E-state index in [1.165, 1.54) is 11.6 Å². The summed E-state index contributed by atoms with van der Waals surface area (Å²) >= 11 is 6.02. The third-order valence-corrected chi connectivity index (χ3v) is 5.13. The molecule has 1 aliphatic heterocycles. The number of benzene rings is 2. The highest BCUT2D eigenvalue weighted by Crippen LogP contribution is 2.12. The molecular weight excluding hydrogens is 365 g/mol. The maximum atomic E-state index is 13.6. The first kappa shape index (κ1) is 19.6. The van der Waals surface area contributed by atoms with Crippen LogP contribution in [0.2, 0.25) is 5.02 Å². The van der Waals surface area contributed by atoms with Gasteiger partial charge in [-0.15, -0.1) is 0 Å². The van der Waals surface area contributed by atoms with Gasteiger partial charge < -0.3 is 10.2 Å². The summed E-state index contributed by atoms with van der Waals surface area (Å²) < 4.78 is 13.6. The Bertz CT molecular complexity index is 763. The second-order valence-corrected chi connectivity index (χ2v) is 7.22. The van der Waals surface area contributed by atoms with Gasteiger partial charge in [-0.2, -0.15) is 0 Å². The van der Waals surface area contributed by atoms with Crippen molar-refractivity contribution in [1.82, 2.24) is 15.1 Å². The molecule has 4 nitrogen and oxygen atoms in total. The molecule has 1 N–H and O–H groups in total. The summed E-state index contributed by atoms with van der Waals surface area (Å²) in [6.45, 7) is 4.54. The lowest BCUT2D eigenvalue weighted by Gasteiger charge is -2.34. The number of hydrogen-bond acceptors (Lipinski definition) is 2. The van der Waals surface area contributed by atoms with Gasteiger partial charge in [0.25, 0.3) is 0 Å². The van der Waals surface area contributed by atoms with Crippen molar-refractivity contribution in [2.24, 2.45) is 0 Å². The first-order chi connectivity index (χ1) is 13.1. The van der Waals surface area contributed by atoms with E-state index in [1.807, 2.05) is 29.2 Å². The van der Waals surface area contributed by atoms with Gasteiger partial charge in [0.1, 0.15) is 5.82 Å². The fourth-order valence-corrected chi connectivity index (χ4v) is 3.48. The van der Waals surface area contributed by atoms with Crippen LogP contribution >= 0.6 is 11.6 Å². The fourth-order valence-electron chi connectivity index (χ4n) is 3.27. The summed E-state index contributed by atoms with van der Waals surface area (Å²) in [7, 11) is 0. The maximum absolute atomic E-state index is 13.6. The minimum atomic E-state index is -0.222. The largest absolute Gasteiger partial charge is 0.338 e. The molecule has 1 heterocycles. The van der Waals surface area contributed by atoms with Gasteiger partial charge in [-0.05, 0) is 42.2 Å². The Labute approximate surface area is 164 Å². The Morgan fingerprint density at radius 1 is 1.04 bits per heavy atom. The molecule has 0 atom stereocenters. The van der Waals surface area contributed by atoms with Gasteiger partial charge >= 0.3 is 6.03 Å². The highest BCUT2D eigenvalue weighted by molar-refractivity contribution is 6.30. The van der Waals surface area contributed by atoms with E-state index in [0.717, 1.165) is 31.1 Å². The molecule has 0 spiro atoms. The molecule has 2 aromatic rings. The SMILES string of the molecule is O=C(NCCc1ccccc1F)N1CCN(CCc2cccc(Cl)c2)CC1. The van der Waals surface area contributed by atoms with Gasteiger partial charge in [-0.25, -0.2) is 9.18 Å². The van der Waals surface area contributed by atoms with Gasteiger partial charge in [0, 0.05) is 44.3 Å². The van der Waals surface area contributed by atoms with E-state index in [4.69, 9.17) is 11.6 Å². The minimum absolute atomic E-state index is 0.0687. The summed E-state index contributed by atoms with van der Waals surface area (Å²) in [6.07, 6.45) is 1.45. The molecule has 6 heteroatoms. The molecule has 27 heavy (non-hydrogen) atoms. The van der Waals surface area contributed by atoms with Crippen molar-refractivity contribution < 1.29 is 9.18 Å². The highest BCUT2D eigenvalue weighted by atomic mass is 35.5. The van der Waals surface area contributed by atoms with Gasteiger partial charge in [-0.1, -0.05) is 41.9 Å². The monoisotopic (exact) mass is 389 g/mol. The van der Waals surface area contributed by atoms with Crippen molar-refractivity contribution in [3.8, 4) is 0 Å². The molecule has 0 aromatic heterocycles. The highest BCUT2D eigenvalue weighted by Gasteiger charge is 2.20. The van der Waals surface area contributed by atoms with Crippen LogP contribution in [0.15, 0.2) is 48.5 Å². The summed E-state index contributed by atoms with van der Waals surface area (Å²) in [5.74, 6) is -0.222. The van der Waals surface area contributed by atoms with Crippen LogP contribution in [-0.4, -0.2) is 55.1 Å². The van der Waals surface area contributed by atoms with Gasteiger partial charge in [-0.3, -0.25) is 4.90 Å². The van der Waals surface area contributed by atoms with Crippen molar-refractivity contribution in [3.05, 3.63) is 70.5 Å². The van der Waals surface area contributed by atoms with Crippen LogP contribution in [0.4, 0.5) is 9.18 Å². The Kier molecular flexibility index (Phi) is 7.07. The molecule has 0 radical (unpaired) electrons. The molecule has 0 aliphatic carbocycles. The maximum Gasteiger partial charge on any atom is 0.317 e. The van der Waals surface area contributed by atoms with E-state index >= 15 is 0 Å². The molecule has 144 valence electrons. The Balaban J connectivity index is 1.36. The fraction of sp³-hybridized carbons (Fsp3) is 0.381. The lowest BCUT2D eigenvalue weighted by atomic mass is 10.1. The average molecular weight is 390 g/mol. The Morgan fingerprint density at radius 2 is 1.81 bits per heavy atom. The van der Waals surface area contributed by atoms with Crippen LogP contribution in [0, 0.1) is 5.82 Å². The molecule has 0 saturated carbocycles. The predicted molar refractivity (Wildman–Crippen MR) is 107 cm³/mol. The Hall–Kier alpha value is -2.11. The van der Waals surface area contributed by atoms with E-state index in [1.54, 1.807) is 12.1 Å². The zero-order valence-electron chi connectivity index (χ0n) is 15.3. The quantitative estimate of drug-likeness (QED) is 0.819. The van der Waals surface area contributed by atoms with Crippen LogP contribution in [0.25, 0.3) is 0 Å². The topological polar surface area (TPSA) is 35.6 Å². The first-order valence-corrected chi connectivity index (χ1v) is 9.72. The molecule has 1 fully saturated rings. The van der Waals surface area contributed by atoms with Crippen LogP contribution in [0.1, 0.15) is 11.1 Å². The number of carbonyl (C=O) groups is 1. The number of rotatable bonds is 6. The molecule has 0 bridgehead atoms. The third-order valence-electron chi connectivity index (χ3n) is 4.89. The number of halogens is 2. The van der Waals surface area contributed by atoms with Crippen LogP contribution < -0.4 is 5.32 Å². The normalized spacial score (nSPS) is 15.0. The number of amides is 2. The van der Waals surface area contributed by atoms with E-state index < -0.39 is 0 Å². The van der Waals surface area contributed by atoms with Gasteiger partial charge in [0.05, 0.1) is 0 Å². The third kappa shape index (κ3) is 5.94. The molecule has 1 aliphatic rings. The second kappa shape index (κ2) is 9.72. The lowest BCUT2D eigenvalue weighted by Crippen LogP contribution is -2.52. The number of carbonyl (C=O) groups excluding carboxylic acids is 1. The van der Waals surface area contributed by atoms with E-state index in [9.17, 15) is 9.18 Å². The molecule has 2 aromatic carbocycles. The summed E-state index contributed by atoms with van der Waals surface area (Å²) in [5.41, 5.74) is 1.86. The van der Waals surface area contributed by atoms with Crippen LogP contribution in [0.5, 0.6) is 0 Å². The summed E-state index contributed by atoms with van der Waals surface area (Å²) in [6, 6.07) is 14.6. The number of piperazine rings is 1. The number of urea groups is 1. The number of hydrogen-bond donors (Lipinski definition) is 1. The minimum Gasteiger partial charge on any atom is -0.338 e. The lowest BCUT2D eigenvalue weighted by molar-refractivity contribution is 0.140. The zero-order chi connectivity index (χ0) is 19.1. The van der Waals surface area contributed by atoms with Crippen molar-refractivity contribution in [2.45, 2.75) is 12.8 Å². The number of nitrogens with zero attached hydrogens (tertiary/aromatic N) is 2. The van der Waals surface area contributed by atoms with E-state index in [-0.39, 0.29) is 11.8 Å². The van der Waals surface area contributed by atoms with Gasteiger partial charge in [0.15, 0.2) is 0 Å². The van der Waals surface area contributed by atoms with Crippen LogP contribution in [0.3, 0.4) is 0 Å². The second-order valence-electron chi connectivity index (χ2n) is 6.78. The molecule has 3 rings (SSSR count). The van der Waals surface area contributed by atoms with E-state index in [2.05, 4.69) is 16.3 Å². The molecule has 1 saturated heterocycles. The smallest absolute Gasteiger partial charge is 0.317 e. The standard InChI is InChI=1S/C21H25ClFN3O/c22-19-6-3-4-17(16-19)9-11-25-12-14-26(15-13-25)21(27)24-10-8-18-5-1-2-7-20(18)23/h1-7,16H,8-15H2,(H,24,27). The molecule has 0 unspecified atom stereocenters. The van der Waals surface area contributed by atoms with Crippen LogP contribution in [-0.2, 0) is 12.8 Å². The van der Waals surface area contributed by atoms with Gasteiger partial charge in [0.2, 0.25) is 0 Å². The first-order valence-electron chi connectivity index (χ1n) is 9.35.